The number of anilines is 2. The van der Waals surface area contributed by atoms with Gasteiger partial charge in [-0.15, -0.1) is 0 Å². The number of hydrogen-bond donors (Lipinski definition) is 1. The number of amides is 2. The number of nitrogens with zero attached hydrogens (tertiary/aromatic N) is 1. The van der Waals surface area contributed by atoms with Crippen molar-refractivity contribution in [1.29, 1.82) is 0 Å². The molecule has 2 aromatic carbocycles. The second-order valence-electron chi connectivity index (χ2n) is 5.71. The fraction of sp³-hybridized carbons (Fsp3) is 0.200. The molecule has 1 N–H and O–H groups in total. The third-order valence-electron chi connectivity index (χ3n) is 4.09. The lowest BCUT2D eigenvalue weighted by molar-refractivity contribution is -0.118. The van der Waals surface area contributed by atoms with E-state index in [9.17, 15) is 9.59 Å². The molecule has 0 aliphatic carbocycles. The van der Waals surface area contributed by atoms with Gasteiger partial charge in [0.05, 0.1) is 0 Å². The molecule has 1 heterocycles. The van der Waals surface area contributed by atoms with Gasteiger partial charge in [-0.3, -0.25) is 9.59 Å². The molecule has 0 aromatic heterocycles. The van der Waals surface area contributed by atoms with Crippen LogP contribution in [0.5, 0.6) is 0 Å². The van der Waals surface area contributed by atoms with E-state index in [1.807, 2.05) is 55.5 Å². The summed E-state index contributed by atoms with van der Waals surface area (Å²) in [6.07, 6.45) is 4.54. The van der Waals surface area contributed by atoms with Crippen LogP contribution in [0.25, 0.3) is 6.08 Å². The van der Waals surface area contributed by atoms with E-state index >= 15 is 0 Å². The van der Waals surface area contributed by atoms with Crippen molar-refractivity contribution in [1.82, 2.24) is 0 Å². The minimum Gasteiger partial charge on any atom is -0.323 e. The Balaban J connectivity index is 1.71. The van der Waals surface area contributed by atoms with Gasteiger partial charge < -0.3 is 10.2 Å². The minimum absolute atomic E-state index is 0.160. The summed E-state index contributed by atoms with van der Waals surface area (Å²) in [5, 5.41) is 2.88. The highest BCUT2D eigenvalue weighted by Crippen LogP contribution is 2.30. The molecule has 0 saturated carbocycles. The van der Waals surface area contributed by atoms with Gasteiger partial charge in [0, 0.05) is 30.4 Å². The normalized spacial score (nSPS) is 13.9. The molecule has 24 heavy (non-hydrogen) atoms. The summed E-state index contributed by atoms with van der Waals surface area (Å²) in [5.41, 5.74) is 3.78. The molecule has 3 rings (SSSR count). The summed E-state index contributed by atoms with van der Waals surface area (Å²) in [6.45, 7) is 2.63. The van der Waals surface area contributed by atoms with Crippen molar-refractivity contribution in [2.75, 3.05) is 16.8 Å². The van der Waals surface area contributed by atoms with Crippen molar-refractivity contribution in [2.45, 2.75) is 19.8 Å². The number of fused-ring (bicyclic) bond motifs is 1. The Morgan fingerprint density at radius 3 is 2.71 bits per heavy atom. The lowest BCUT2D eigenvalue weighted by Gasteiger charge is -2.28. The third kappa shape index (κ3) is 3.54. The summed E-state index contributed by atoms with van der Waals surface area (Å²) in [5.74, 6) is -0.00869. The highest BCUT2D eigenvalue weighted by atomic mass is 16.2. The highest BCUT2D eigenvalue weighted by Gasteiger charge is 2.22. The zero-order valence-electron chi connectivity index (χ0n) is 13.7. The number of rotatable bonds is 4. The van der Waals surface area contributed by atoms with E-state index in [2.05, 4.69) is 5.32 Å². The molecule has 4 nitrogen and oxygen atoms in total. The Kier molecular flexibility index (Phi) is 4.75. The molecular formula is C20H20N2O2. The van der Waals surface area contributed by atoms with E-state index < -0.39 is 0 Å². The third-order valence-corrected chi connectivity index (χ3v) is 4.09. The van der Waals surface area contributed by atoms with E-state index in [-0.39, 0.29) is 11.8 Å². The van der Waals surface area contributed by atoms with Crippen LogP contribution in [0.3, 0.4) is 0 Å². The van der Waals surface area contributed by atoms with Crippen LogP contribution in [-0.2, 0) is 16.0 Å². The van der Waals surface area contributed by atoms with Gasteiger partial charge in [0.2, 0.25) is 11.8 Å². The van der Waals surface area contributed by atoms with Gasteiger partial charge in [-0.05, 0) is 48.7 Å². The van der Waals surface area contributed by atoms with Gasteiger partial charge in [0.1, 0.15) is 0 Å². The zero-order valence-corrected chi connectivity index (χ0v) is 13.7. The van der Waals surface area contributed by atoms with Crippen molar-refractivity contribution < 1.29 is 9.59 Å². The summed E-state index contributed by atoms with van der Waals surface area (Å²) in [7, 11) is 0. The summed E-state index contributed by atoms with van der Waals surface area (Å²) >= 11 is 0. The van der Waals surface area contributed by atoms with Gasteiger partial charge in [0.25, 0.3) is 0 Å². The zero-order chi connectivity index (χ0) is 16.9. The molecule has 0 fully saturated rings. The average Bonchev–Trinajstić information content (AvgIpc) is 2.61. The SMILES string of the molecule is CCN1C(=O)CCc2cc(NC(=O)/C=C/c3ccccc3)ccc21. The van der Waals surface area contributed by atoms with Crippen LogP contribution < -0.4 is 10.2 Å². The number of benzene rings is 2. The van der Waals surface area contributed by atoms with Gasteiger partial charge in [0.15, 0.2) is 0 Å². The van der Waals surface area contributed by atoms with Gasteiger partial charge in [-0.1, -0.05) is 30.3 Å². The monoisotopic (exact) mass is 320 g/mol. The Bertz CT molecular complexity index is 781. The number of aryl methyl sites for hydroxylation is 1. The first-order valence-corrected chi connectivity index (χ1v) is 8.15. The number of carbonyl (C=O) groups excluding carboxylic acids is 2. The topological polar surface area (TPSA) is 49.4 Å². The molecule has 1 aliphatic heterocycles. The highest BCUT2D eigenvalue weighted by molar-refractivity contribution is 6.02. The number of carbonyl (C=O) groups is 2. The van der Waals surface area contributed by atoms with Crippen LogP contribution in [0.1, 0.15) is 24.5 Å². The molecule has 2 aromatic rings. The van der Waals surface area contributed by atoms with E-state index in [1.54, 1.807) is 11.0 Å². The van der Waals surface area contributed by atoms with Crippen LogP contribution >= 0.6 is 0 Å². The Morgan fingerprint density at radius 2 is 1.96 bits per heavy atom. The smallest absolute Gasteiger partial charge is 0.248 e. The molecule has 1 aliphatic rings. The number of hydrogen-bond acceptors (Lipinski definition) is 2. The Morgan fingerprint density at radius 1 is 1.17 bits per heavy atom. The van der Waals surface area contributed by atoms with E-state index in [1.165, 1.54) is 6.08 Å². The molecular weight excluding hydrogens is 300 g/mol. The van der Waals surface area contributed by atoms with Crippen molar-refractivity contribution >= 4 is 29.3 Å². The van der Waals surface area contributed by atoms with Gasteiger partial charge in [-0.25, -0.2) is 0 Å². The molecule has 122 valence electrons. The maximum absolute atomic E-state index is 12.1. The van der Waals surface area contributed by atoms with E-state index in [4.69, 9.17) is 0 Å². The van der Waals surface area contributed by atoms with E-state index in [0.29, 0.717) is 19.4 Å². The first kappa shape index (κ1) is 16.0. The van der Waals surface area contributed by atoms with Crippen molar-refractivity contribution in [3.63, 3.8) is 0 Å². The second-order valence-corrected chi connectivity index (χ2v) is 5.71. The van der Waals surface area contributed by atoms with E-state index in [0.717, 1.165) is 22.5 Å². The fourth-order valence-corrected chi connectivity index (χ4v) is 2.90. The minimum atomic E-state index is -0.168. The largest absolute Gasteiger partial charge is 0.323 e. The molecule has 0 bridgehead atoms. The molecule has 0 radical (unpaired) electrons. The predicted octanol–water partition coefficient (Wildman–Crippen LogP) is 3.64. The van der Waals surface area contributed by atoms with Crippen molar-refractivity contribution in [2.24, 2.45) is 0 Å². The second kappa shape index (κ2) is 7.13. The first-order valence-electron chi connectivity index (χ1n) is 8.15. The van der Waals surface area contributed by atoms with Crippen LogP contribution in [-0.4, -0.2) is 18.4 Å². The Hall–Kier alpha value is -2.88. The maximum Gasteiger partial charge on any atom is 0.248 e. The Labute approximate surface area is 141 Å². The van der Waals surface area contributed by atoms with Crippen LogP contribution in [0.2, 0.25) is 0 Å². The summed E-state index contributed by atoms with van der Waals surface area (Å²) in [6, 6.07) is 15.4. The van der Waals surface area contributed by atoms with Crippen molar-refractivity contribution in [3.8, 4) is 0 Å². The summed E-state index contributed by atoms with van der Waals surface area (Å²) < 4.78 is 0. The molecule has 2 amide bonds. The number of nitrogens with one attached hydrogen (secondary N) is 1. The average molecular weight is 320 g/mol. The quantitative estimate of drug-likeness (QED) is 0.874. The predicted molar refractivity (Wildman–Crippen MR) is 96.9 cm³/mol. The molecule has 4 heteroatoms. The van der Waals surface area contributed by atoms with Gasteiger partial charge in [-0.2, -0.15) is 0 Å². The van der Waals surface area contributed by atoms with Crippen LogP contribution in [0.15, 0.2) is 54.6 Å². The molecule has 0 unspecified atom stereocenters. The fourth-order valence-electron chi connectivity index (χ4n) is 2.90. The summed E-state index contributed by atoms with van der Waals surface area (Å²) in [4.78, 5) is 25.8. The molecule has 0 saturated heterocycles. The first-order chi connectivity index (χ1) is 11.7. The maximum atomic E-state index is 12.1. The van der Waals surface area contributed by atoms with Crippen molar-refractivity contribution in [3.05, 3.63) is 65.7 Å². The lowest BCUT2D eigenvalue weighted by atomic mass is 10.0. The van der Waals surface area contributed by atoms with Crippen LogP contribution in [0.4, 0.5) is 11.4 Å². The lowest BCUT2D eigenvalue weighted by Crippen LogP contribution is -2.34. The standard InChI is InChI=1S/C20H20N2O2/c1-2-22-18-11-10-17(14-16(18)9-13-20(22)24)21-19(23)12-8-15-6-4-3-5-7-15/h3-8,10-12,14H,2,9,13H2,1H3,(H,21,23)/b12-8+. The molecule has 0 spiro atoms. The molecule has 0 atom stereocenters. The van der Waals surface area contributed by atoms with Crippen LogP contribution in [0, 0.1) is 0 Å². The van der Waals surface area contributed by atoms with Gasteiger partial charge >= 0.3 is 0 Å².